The van der Waals surface area contributed by atoms with Gasteiger partial charge < -0.3 is 14.5 Å². The molecule has 142 valence electrons. The van der Waals surface area contributed by atoms with Gasteiger partial charge in [-0.25, -0.2) is 0 Å². The van der Waals surface area contributed by atoms with Crippen molar-refractivity contribution in [3.63, 3.8) is 0 Å². The van der Waals surface area contributed by atoms with Crippen LogP contribution < -0.4 is 4.74 Å². The topological polar surface area (TPSA) is 49.9 Å². The Balaban J connectivity index is 1.58. The number of halogens is 1. The Kier molecular flexibility index (Phi) is 6.35. The zero-order valence-electron chi connectivity index (χ0n) is 15.4. The molecule has 3 rings (SSSR count). The van der Waals surface area contributed by atoms with Crippen molar-refractivity contribution >= 4 is 23.4 Å². The Bertz CT molecular complexity index is 790. The van der Waals surface area contributed by atoms with Crippen LogP contribution in [0, 0.1) is 0 Å². The van der Waals surface area contributed by atoms with Gasteiger partial charge in [0.2, 0.25) is 5.91 Å². The molecule has 0 bridgehead atoms. The maximum absolute atomic E-state index is 12.7. The molecule has 1 aliphatic rings. The molecule has 0 aromatic heterocycles. The molecule has 0 N–H and O–H groups in total. The fourth-order valence-corrected chi connectivity index (χ4v) is 3.30. The molecular formula is C21H23ClN2O3. The smallest absolute Gasteiger partial charge is 0.253 e. The maximum atomic E-state index is 12.7. The van der Waals surface area contributed by atoms with Crippen molar-refractivity contribution in [1.29, 1.82) is 0 Å². The highest BCUT2D eigenvalue weighted by molar-refractivity contribution is 6.30. The highest BCUT2D eigenvalue weighted by Gasteiger charge is 2.23. The minimum atomic E-state index is -0.00958. The molecule has 2 amide bonds. The van der Waals surface area contributed by atoms with E-state index in [0.29, 0.717) is 43.2 Å². The van der Waals surface area contributed by atoms with Crippen molar-refractivity contribution in [3.05, 3.63) is 64.7 Å². The van der Waals surface area contributed by atoms with Crippen LogP contribution in [0.5, 0.6) is 5.75 Å². The molecule has 0 saturated carbocycles. The van der Waals surface area contributed by atoms with Crippen molar-refractivity contribution in [3.8, 4) is 5.75 Å². The van der Waals surface area contributed by atoms with Crippen LogP contribution in [0.15, 0.2) is 48.5 Å². The van der Waals surface area contributed by atoms with Gasteiger partial charge in [-0.1, -0.05) is 23.7 Å². The first-order valence-electron chi connectivity index (χ1n) is 9.02. The van der Waals surface area contributed by atoms with Crippen molar-refractivity contribution in [1.82, 2.24) is 9.80 Å². The lowest BCUT2D eigenvalue weighted by Gasteiger charge is -2.22. The number of hydrogen-bond donors (Lipinski definition) is 0. The van der Waals surface area contributed by atoms with E-state index in [1.807, 2.05) is 21.9 Å². The lowest BCUT2D eigenvalue weighted by atomic mass is 10.1. The standard InChI is InChI=1S/C21H23ClN2O3/c1-27-19-9-5-17(6-10-19)21(26)24-12-2-11-23(13-14-24)20(25)15-16-3-7-18(22)8-4-16/h3-10H,2,11-15H2,1H3. The molecule has 27 heavy (non-hydrogen) atoms. The summed E-state index contributed by atoms with van der Waals surface area (Å²) in [6, 6.07) is 14.4. The van der Waals surface area contributed by atoms with Crippen LogP contribution in [0.4, 0.5) is 0 Å². The van der Waals surface area contributed by atoms with E-state index >= 15 is 0 Å². The molecule has 1 aliphatic heterocycles. The Labute approximate surface area is 164 Å². The third kappa shape index (κ3) is 5.01. The summed E-state index contributed by atoms with van der Waals surface area (Å²) in [4.78, 5) is 29.0. The second-order valence-electron chi connectivity index (χ2n) is 6.56. The Morgan fingerprint density at radius 1 is 0.926 bits per heavy atom. The summed E-state index contributed by atoms with van der Waals surface area (Å²) in [5, 5.41) is 0.661. The van der Waals surface area contributed by atoms with Gasteiger partial charge in [0.25, 0.3) is 5.91 Å². The number of benzene rings is 2. The molecule has 1 saturated heterocycles. The average molecular weight is 387 g/mol. The predicted octanol–water partition coefficient (Wildman–Crippen LogP) is 3.27. The van der Waals surface area contributed by atoms with Crippen LogP contribution in [0.25, 0.3) is 0 Å². The maximum Gasteiger partial charge on any atom is 0.253 e. The first-order chi connectivity index (χ1) is 13.1. The molecule has 2 aromatic rings. The summed E-state index contributed by atoms with van der Waals surface area (Å²) in [6.07, 6.45) is 1.12. The first-order valence-corrected chi connectivity index (χ1v) is 9.40. The number of methoxy groups -OCH3 is 1. The lowest BCUT2D eigenvalue weighted by Crippen LogP contribution is -2.38. The Hall–Kier alpha value is -2.53. The summed E-state index contributed by atoms with van der Waals surface area (Å²) in [5.41, 5.74) is 1.58. The summed E-state index contributed by atoms with van der Waals surface area (Å²) in [7, 11) is 1.60. The fraction of sp³-hybridized carbons (Fsp3) is 0.333. The van der Waals surface area contributed by atoms with Gasteiger partial charge in [-0.05, 0) is 48.4 Å². The number of carbonyl (C=O) groups is 2. The van der Waals surface area contributed by atoms with E-state index in [4.69, 9.17) is 16.3 Å². The molecule has 6 heteroatoms. The molecule has 5 nitrogen and oxygen atoms in total. The van der Waals surface area contributed by atoms with Gasteiger partial charge in [0.1, 0.15) is 5.75 Å². The largest absolute Gasteiger partial charge is 0.497 e. The van der Waals surface area contributed by atoms with E-state index in [0.717, 1.165) is 17.7 Å². The molecule has 1 fully saturated rings. The van der Waals surface area contributed by atoms with Crippen molar-refractivity contribution in [2.45, 2.75) is 12.8 Å². The zero-order chi connectivity index (χ0) is 19.2. The number of rotatable bonds is 4. The summed E-state index contributed by atoms with van der Waals surface area (Å²) < 4.78 is 5.13. The summed E-state index contributed by atoms with van der Waals surface area (Å²) in [6.45, 7) is 2.40. The van der Waals surface area contributed by atoms with E-state index in [2.05, 4.69) is 0 Å². The Morgan fingerprint density at radius 2 is 1.56 bits per heavy atom. The molecule has 0 atom stereocenters. The summed E-state index contributed by atoms with van der Waals surface area (Å²) in [5.74, 6) is 0.794. The second-order valence-corrected chi connectivity index (χ2v) is 6.99. The summed E-state index contributed by atoms with van der Waals surface area (Å²) >= 11 is 5.89. The first kappa shape index (κ1) is 19.2. The molecule has 0 spiro atoms. The van der Waals surface area contributed by atoms with Crippen molar-refractivity contribution in [2.75, 3.05) is 33.3 Å². The quantitative estimate of drug-likeness (QED) is 0.810. The van der Waals surface area contributed by atoms with E-state index in [9.17, 15) is 9.59 Å². The van der Waals surface area contributed by atoms with Gasteiger partial charge in [0.05, 0.1) is 13.5 Å². The SMILES string of the molecule is COc1ccc(C(=O)N2CCCN(C(=O)Cc3ccc(Cl)cc3)CC2)cc1. The zero-order valence-corrected chi connectivity index (χ0v) is 16.1. The molecule has 1 heterocycles. The van der Waals surface area contributed by atoms with E-state index in [1.54, 1.807) is 43.5 Å². The molecule has 2 aromatic carbocycles. The number of ether oxygens (including phenoxy) is 1. The normalized spacial score (nSPS) is 14.6. The fourth-order valence-electron chi connectivity index (χ4n) is 3.17. The van der Waals surface area contributed by atoms with Crippen LogP contribution in [0.1, 0.15) is 22.3 Å². The van der Waals surface area contributed by atoms with Crippen LogP contribution in [-0.2, 0) is 11.2 Å². The minimum absolute atomic E-state index is 0.00958. The number of nitrogens with zero attached hydrogens (tertiary/aromatic N) is 2. The van der Waals surface area contributed by atoms with Crippen molar-refractivity contribution < 1.29 is 14.3 Å². The van der Waals surface area contributed by atoms with Gasteiger partial charge in [0, 0.05) is 36.8 Å². The average Bonchev–Trinajstić information content (AvgIpc) is 2.95. The van der Waals surface area contributed by atoms with Crippen molar-refractivity contribution in [2.24, 2.45) is 0 Å². The highest BCUT2D eigenvalue weighted by atomic mass is 35.5. The minimum Gasteiger partial charge on any atom is -0.497 e. The van der Waals surface area contributed by atoms with E-state index in [-0.39, 0.29) is 11.8 Å². The van der Waals surface area contributed by atoms with Crippen LogP contribution in [0.2, 0.25) is 5.02 Å². The van der Waals surface area contributed by atoms with Gasteiger partial charge in [-0.3, -0.25) is 9.59 Å². The molecule has 0 aliphatic carbocycles. The number of amides is 2. The van der Waals surface area contributed by atoms with E-state index in [1.165, 1.54) is 0 Å². The predicted molar refractivity (Wildman–Crippen MR) is 105 cm³/mol. The Morgan fingerprint density at radius 3 is 2.22 bits per heavy atom. The van der Waals surface area contributed by atoms with E-state index < -0.39 is 0 Å². The second kappa shape index (κ2) is 8.91. The van der Waals surface area contributed by atoms with Gasteiger partial charge >= 0.3 is 0 Å². The molecular weight excluding hydrogens is 364 g/mol. The molecule has 0 radical (unpaired) electrons. The lowest BCUT2D eigenvalue weighted by molar-refractivity contribution is -0.130. The van der Waals surface area contributed by atoms with Crippen LogP contribution in [-0.4, -0.2) is 54.9 Å². The van der Waals surface area contributed by atoms with Crippen LogP contribution >= 0.6 is 11.6 Å². The van der Waals surface area contributed by atoms with Gasteiger partial charge in [-0.2, -0.15) is 0 Å². The van der Waals surface area contributed by atoms with Crippen LogP contribution in [0.3, 0.4) is 0 Å². The van der Waals surface area contributed by atoms with Gasteiger partial charge in [0.15, 0.2) is 0 Å². The monoisotopic (exact) mass is 386 g/mol. The third-order valence-electron chi connectivity index (χ3n) is 4.74. The van der Waals surface area contributed by atoms with Gasteiger partial charge in [-0.15, -0.1) is 0 Å². The third-order valence-corrected chi connectivity index (χ3v) is 4.99. The number of carbonyl (C=O) groups excluding carboxylic acids is 2. The highest BCUT2D eigenvalue weighted by Crippen LogP contribution is 2.15. The number of hydrogen-bond acceptors (Lipinski definition) is 3. The molecule has 0 unspecified atom stereocenters.